The van der Waals surface area contributed by atoms with Gasteiger partial charge in [-0.3, -0.25) is 14.9 Å². The minimum atomic E-state index is -0.620. The van der Waals surface area contributed by atoms with E-state index in [-0.39, 0.29) is 17.6 Å². The molecule has 0 spiro atoms. The van der Waals surface area contributed by atoms with Crippen molar-refractivity contribution in [3.05, 3.63) is 69.5 Å². The SMILES string of the molecule is O=C(/C=C/c1ccc([N+](=O)[O-])o1)NCc1ccccc1C[NH+]1CCOCC1. The van der Waals surface area contributed by atoms with Crippen molar-refractivity contribution in [3.8, 4) is 0 Å². The molecule has 0 bridgehead atoms. The van der Waals surface area contributed by atoms with Gasteiger partial charge in [0.05, 0.1) is 19.3 Å². The zero-order valence-electron chi connectivity index (χ0n) is 14.8. The fourth-order valence-corrected chi connectivity index (χ4v) is 2.94. The lowest BCUT2D eigenvalue weighted by molar-refractivity contribution is -0.921. The summed E-state index contributed by atoms with van der Waals surface area (Å²) < 4.78 is 10.4. The van der Waals surface area contributed by atoms with E-state index in [2.05, 4.69) is 11.4 Å². The molecule has 142 valence electrons. The Morgan fingerprint density at radius 3 is 2.63 bits per heavy atom. The molecular weight excluding hydrogens is 350 g/mol. The molecule has 0 saturated carbocycles. The van der Waals surface area contributed by atoms with E-state index < -0.39 is 4.92 Å². The van der Waals surface area contributed by atoms with E-state index in [4.69, 9.17) is 9.15 Å². The van der Waals surface area contributed by atoms with Crippen LogP contribution in [0, 0.1) is 10.1 Å². The molecule has 1 aliphatic rings. The van der Waals surface area contributed by atoms with Crippen LogP contribution in [0.3, 0.4) is 0 Å². The number of nitro groups is 1. The van der Waals surface area contributed by atoms with Crippen molar-refractivity contribution >= 4 is 17.9 Å². The normalized spacial score (nSPS) is 15.1. The number of furan rings is 1. The van der Waals surface area contributed by atoms with Gasteiger partial charge in [0.15, 0.2) is 0 Å². The van der Waals surface area contributed by atoms with E-state index >= 15 is 0 Å². The van der Waals surface area contributed by atoms with Gasteiger partial charge < -0.3 is 19.4 Å². The molecule has 1 aromatic heterocycles. The van der Waals surface area contributed by atoms with Crippen LogP contribution in [0.1, 0.15) is 16.9 Å². The molecule has 8 nitrogen and oxygen atoms in total. The summed E-state index contributed by atoms with van der Waals surface area (Å²) in [4.78, 5) is 23.5. The lowest BCUT2D eigenvalue weighted by atomic mass is 10.1. The maximum atomic E-state index is 12.0. The average Bonchev–Trinajstić information content (AvgIpc) is 3.16. The number of quaternary nitrogens is 1. The Bertz CT molecular complexity index is 824. The number of ether oxygens (including phenoxy) is 1. The highest BCUT2D eigenvalue weighted by atomic mass is 16.6. The quantitative estimate of drug-likeness (QED) is 0.428. The first-order valence-electron chi connectivity index (χ1n) is 8.80. The fraction of sp³-hybridized carbons (Fsp3) is 0.316. The molecule has 0 radical (unpaired) electrons. The molecule has 1 saturated heterocycles. The van der Waals surface area contributed by atoms with Gasteiger partial charge in [-0.1, -0.05) is 24.3 Å². The number of benzene rings is 1. The molecule has 0 atom stereocenters. The first-order valence-corrected chi connectivity index (χ1v) is 8.80. The second kappa shape index (κ2) is 9.11. The highest BCUT2D eigenvalue weighted by Gasteiger charge is 2.16. The molecule has 27 heavy (non-hydrogen) atoms. The number of hydrogen-bond donors (Lipinski definition) is 2. The second-order valence-electron chi connectivity index (χ2n) is 6.29. The van der Waals surface area contributed by atoms with Gasteiger partial charge in [-0.25, -0.2) is 0 Å². The van der Waals surface area contributed by atoms with Crippen LogP contribution in [-0.2, 0) is 22.6 Å². The van der Waals surface area contributed by atoms with Gasteiger partial charge in [0.25, 0.3) is 0 Å². The number of morpholine rings is 1. The van der Waals surface area contributed by atoms with Gasteiger partial charge in [-0.2, -0.15) is 0 Å². The highest BCUT2D eigenvalue weighted by molar-refractivity contribution is 5.91. The summed E-state index contributed by atoms with van der Waals surface area (Å²) in [5.41, 5.74) is 2.28. The van der Waals surface area contributed by atoms with Gasteiger partial charge in [0.1, 0.15) is 30.3 Å². The number of carbonyl (C=O) groups is 1. The summed E-state index contributed by atoms with van der Waals surface area (Å²) in [5.74, 6) is -0.384. The van der Waals surface area contributed by atoms with E-state index in [1.165, 1.54) is 34.7 Å². The van der Waals surface area contributed by atoms with Gasteiger partial charge in [0, 0.05) is 18.2 Å². The molecule has 1 fully saturated rings. The number of hydrogen-bond acceptors (Lipinski definition) is 5. The average molecular weight is 372 g/mol. The Kier molecular flexibility index (Phi) is 6.35. The Balaban J connectivity index is 1.55. The second-order valence-corrected chi connectivity index (χ2v) is 6.29. The van der Waals surface area contributed by atoms with Crippen LogP contribution >= 0.6 is 0 Å². The molecule has 0 unspecified atom stereocenters. The van der Waals surface area contributed by atoms with Crippen molar-refractivity contribution in [3.63, 3.8) is 0 Å². The molecule has 1 aromatic carbocycles. The number of carbonyl (C=O) groups excluding carboxylic acids is 1. The van der Waals surface area contributed by atoms with Crippen molar-refractivity contribution in [2.45, 2.75) is 13.1 Å². The van der Waals surface area contributed by atoms with Crippen molar-refractivity contribution in [2.24, 2.45) is 0 Å². The third-order valence-electron chi connectivity index (χ3n) is 4.40. The van der Waals surface area contributed by atoms with Crippen LogP contribution in [0.15, 0.2) is 46.9 Å². The van der Waals surface area contributed by atoms with E-state index in [0.717, 1.165) is 38.4 Å². The maximum absolute atomic E-state index is 12.0. The summed E-state index contributed by atoms with van der Waals surface area (Å²) in [6.07, 6.45) is 2.71. The molecule has 2 heterocycles. The zero-order valence-corrected chi connectivity index (χ0v) is 14.8. The van der Waals surface area contributed by atoms with Gasteiger partial charge >= 0.3 is 5.88 Å². The van der Waals surface area contributed by atoms with E-state index in [1.807, 2.05) is 18.2 Å². The predicted octanol–water partition coefficient (Wildman–Crippen LogP) is 0.932. The third-order valence-corrected chi connectivity index (χ3v) is 4.40. The minimum absolute atomic E-state index is 0.258. The standard InChI is InChI=1S/C19H21N3O5/c23-18(7-5-17-6-8-19(27-17)22(24)25)20-13-15-3-1-2-4-16(15)14-21-9-11-26-12-10-21/h1-8H,9-14H2,(H,20,23)/p+1/b7-5+. The van der Waals surface area contributed by atoms with E-state index in [9.17, 15) is 14.9 Å². The molecular formula is C19H22N3O5+. The smallest absolute Gasteiger partial charge is 0.401 e. The summed E-state index contributed by atoms with van der Waals surface area (Å²) in [6, 6.07) is 10.8. The Morgan fingerprint density at radius 1 is 1.19 bits per heavy atom. The Labute approximate surface area is 156 Å². The van der Waals surface area contributed by atoms with Crippen molar-refractivity contribution in [1.82, 2.24) is 5.32 Å². The summed E-state index contributed by atoms with van der Waals surface area (Å²) in [7, 11) is 0. The minimum Gasteiger partial charge on any atom is -0.401 e. The lowest BCUT2D eigenvalue weighted by Gasteiger charge is -2.24. The Morgan fingerprint density at radius 2 is 1.93 bits per heavy atom. The molecule has 2 aromatic rings. The summed E-state index contributed by atoms with van der Waals surface area (Å²) >= 11 is 0. The highest BCUT2D eigenvalue weighted by Crippen LogP contribution is 2.16. The van der Waals surface area contributed by atoms with Crippen LogP contribution in [0.2, 0.25) is 0 Å². The van der Waals surface area contributed by atoms with E-state index in [0.29, 0.717) is 6.54 Å². The largest absolute Gasteiger partial charge is 0.433 e. The maximum Gasteiger partial charge on any atom is 0.433 e. The number of amides is 1. The number of rotatable bonds is 7. The Hall–Kier alpha value is -2.97. The van der Waals surface area contributed by atoms with Crippen LogP contribution < -0.4 is 10.2 Å². The molecule has 8 heteroatoms. The van der Waals surface area contributed by atoms with Crippen molar-refractivity contribution < 1.29 is 23.8 Å². The zero-order chi connectivity index (χ0) is 19.1. The fourth-order valence-electron chi connectivity index (χ4n) is 2.94. The first-order chi connectivity index (χ1) is 13.1. The van der Waals surface area contributed by atoms with Gasteiger partial charge in [0.2, 0.25) is 5.91 Å². The third kappa shape index (κ3) is 5.50. The molecule has 1 amide bonds. The van der Waals surface area contributed by atoms with Gasteiger partial charge in [-0.15, -0.1) is 0 Å². The van der Waals surface area contributed by atoms with Crippen molar-refractivity contribution in [1.29, 1.82) is 0 Å². The molecule has 0 aliphatic carbocycles. The molecule has 3 rings (SSSR count). The summed E-state index contributed by atoms with van der Waals surface area (Å²) in [6.45, 7) is 4.86. The van der Waals surface area contributed by atoms with Crippen LogP contribution in [0.5, 0.6) is 0 Å². The number of nitrogens with one attached hydrogen (secondary N) is 2. The first kappa shape index (κ1) is 18.8. The monoisotopic (exact) mass is 372 g/mol. The number of nitrogens with zero attached hydrogens (tertiary/aromatic N) is 1. The van der Waals surface area contributed by atoms with Crippen LogP contribution in [0.25, 0.3) is 6.08 Å². The van der Waals surface area contributed by atoms with Crippen LogP contribution in [0.4, 0.5) is 5.88 Å². The van der Waals surface area contributed by atoms with Gasteiger partial charge in [-0.05, 0) is 17.7 Å². The van der Waals surface area contributed by atoms with E-state index in [1.54, 1.807) is 0 Å². The topological polar surface area (TPSA) is 99.0 Å². The molecule has 2 N–H and O–H groups in total. The molecule has 1 aliphatic heterocycles. The van der Waals surface area contributed by atoms with Crippen LogP contribution in [-0.4, -0.2) is 37.1 Å². The summed E-state index contributed by atoms with van der Waals surface area (Å²) in [5, 5.41) is 13.4. The lowest BCUT2D eigenvalue weighted by Crippen LogP contribution is -3.12. The predicted molar refractivity (Wildman–Crippen MR) is 97.9 cm³/mol. The van der Waals surface area contributed by atoms with Crippen molar-refractivity contribution in [2.75, 3.05) is 26.3 Å².